The van der Waals surface area contributed by atoms with E-state index in [1.54, 1.807) is 36.5 Å². The van der Waals surface area contributed by atoms with Gasteiger partial charge in [0.1, 0.15) is 0 Å². The highest BCUT2D eigenvalue weighted by molar-refractivity contribution is 6.07. The van der Waals surface area contributed by atoms with Crippen molar-refractivity contribution in [1.82, 2.24) is 4.98 Å². The highest BCUT2D eigenvalue weighted by atomic mass is 16.2. The number of pyridine rings is 1. The number of benzene rings is 1. The highest BCUT2D eigenvalue weighted by Gasteiger charge is 2.19. The van der Waals surface area contributed by atoms with Gasteiger partial charge in [-0.05, 0) is 36.8 Å². The molecule has 0 bridgehead atoms. The van der Waals surface area contributed by atoms with Gasteiger partial charge in [-0.2, -0.15) is 0 Å². The van der Waals surface area contributed by atoms with Gasteiger partial charge in [0.15, 0.2) is 0 Å². The lowest BCUT2D eigenvalue weighted by Crippen LogP contribution is -2.12. The normalized spacial score (nSPS) is 12.8. The van der Waals surface area contributed by atoms with Crippen LogP contribution in [0.4, 0.5) is 11.4 Å². The van der Waals surface area contributed by atoms with Crippen LogP contribution >= 0.6 is 0 Å². The lowest BCUT2D eigenvalue weighted by atomic mass is 10.1. The van der Waals surface area contributed by atoms with E-state index in [1.165, 1.54) is 0 Å². The molecule has 2 aromatic rings. The minimum atomic E-state index is -0.209. The molecule has 0 atom stereocenters. The molecule has 1 aromatic carbocycles. The van der Waals surface area contributed by atoms with Gasteiger partial charge in [-0.15, -0.1) is 0 Å². The molecule has 5 heteroatoms. The van der Waals surface area contributed by atoms with Gasteiger partial charge < -0.3 is 10.6 Å². The lowest BCUT2D eigenvalue weighted by molar-refractivity contribution is -0.115. The first kappa shape index (κ1) is 12.3. The van der Waals surface area contributed by atoms with Crippen LogP contribution in [-0.2, 0) is 11.2 Å². The molecule has 0 saturated carbocycles. The van der Waals surface area contributed by atoms with E-state index in [-0.39, 0.29) is 11.8 Å². The molecule has 1 aliphatic rings. The number of aromatic nitrogens is 1. The van der Waals surface area contributed by atoms with E-state index in [0.717, 1.165) is 11.3 Å². The maximum absolute atomic E-state index is 12.2. The minimum Gasteiger partial charge on any atom is -0.326 e. The molecule has 2 heterocycles. The summed E-state index contributed by atoms with van der Waals surface area (Å²) in [4.78, 5) is 27.5. The summed E-state index contributed by atoms with van der Waals surface area (Å²) in [5, 5.41) is 5.55. The van der Waals surface area contributed by atoms with Crippen LogP contribution in [0.15, 0.2) is 36.5 Å². The Labute approximate surface area is 116 Å². The second-order valence-electron chi connectivity index (χ2n) is 4.74. The van der Waals surface area contributed by atoms with Crippen molar-refractivity contribution >= 4 is 23.2 Å². The number of nitrogens with zero attached hydrogens (tertiary/aromatic N) is 1. The summed E-state index contributed by atoms with van der Waals surface area (Å²) in [6.45, 7) is 1.86. The zero-order valence-electron chi connectivity index (χ0n) is 10.9. The summed E-state index contributed by atoms with van der Waals surface area (Å²) in [5.74, 6) is -0.248. The van der Waals surface area contributed by atoms with E-state index in [4.69, 9.17) is 0 Å². The largest absolute Gasteiger partial charge is 0.326 e. The van der Waals surface area contributed by atoms with Crippen molar-refractivity contribution in [2.24, 2.45) is 0 Å². The fraction of sp³-hybridized carbons (Fsp3) is 0.133. The second kappa shape index (κ2) is 4.77. The standard InChI is InChI=1S/C15H13N3O2/c1-9-6-12(4-5-16-9)17-15(20)11-3-2-10-8-14(19)18-13(10)7-11/h2-7H,8H2,1H3,(H,18,19)(H,16,17,20). The van der Waals surface area contributed by atoms with E-state index >= 15 is 0 Å². The van der Waals surface area contributed by atoms with E-state index in [0.29, 0.717) is 23.4 Å². The molecule has 0 fully saturated rings. The Morgan fingerprint density at radius 1 is 1.30 bits per heavy atom. The van der Waals surface area contributed by atoms with Gasteiger partial charge in [-0.3, -0.25) is 14.6 Å². The third-order valence-corrected chi connectivity index (χ3v) is 3.15. The fourth-order valence-electron chi connectivity index (χ4n) is 2.18. The van der Waals surface area contributed by atoms with Gasteiger partial charge >= 0.3 is 0 Å². The van der Waals surface area contributed by atoms with Gasteiger partial charge in [-0.1, -0.05) is 6.07 Å². The third kappa shape index (κ3) is 2.38. The number of fused-ring (bicyclic) bond motifs is 1. The second-order valence-corrected chi connectivity index (χ2v) is 4.74. The van der Waals surface area contributed by atoms with E-state index in [9.17, 15) is 9.59 Å². The van der Waals surface area contributed by atoms with Crippen molar-refractivity contribution in [3.63, 3.8) is 0 Å². The molecule has 100 valence electrons. The smallest absolute Gasteiger partial charge is 0.255 e. The summed E-state index contributed by atoms with van der Waals surface area (Å²) in [7, 11) is 0. The number of amides is 2. The number of carbonyl (C=O) groups excluding carboxylic acids is 2. The average molecular weight is 267 g/mol. The Balaban J connectivity index is 1.81. The Kier molecular flexibility index (Phi) is 2.95. The predicted molar refractivity (Wildman–Crippen MR) is 75.7 cm³/mol. The SMILES string of the molecule is Cc1cc(NC(=O)c2ccc3c(c2)NC(=O)C3)ccn1. The molecule has 2 amide bonds. The molecule has 0 unspecified atom stereocenters. The van der Waals surface area contributed by atoms with Crippen LogP contribution in [-0.4, -0.2) is 16.8 Å². The molecule has 1 aromatic heterocycles. The lowest BCUT2D eigenvalue weighted by Gasteiger charge is -2.07. The van der Waals surface area contributed by atoms with Gasteiger partial charge in [0.2, 0.25) is 5.91 Å². The topological polar surface area (TPSA) is 71.1 Å². The summed E-state index contributed by atoms with van der Waals surface area (Å²) < 4.78 is 0. The van der Waals surface area contributed by atoms with Gasteiger partial charge in [-0.25, -0.2) is 0 Å². The molecule has 0 spiro atoms. The summed E-state index contributed by atoms with van der Waals surface area (Å²) in [5.41, 5.74) is 3.69. The van der Waals surface area contributed by atoms with Crippen molar-refractivity contribution in [2.75, 3.05) is 10.6 Å². The maximum Gasteiger partial charge on any atom is 0.255 e. The van der Waals surface area contributed by atoms with Crippen LogP contribution in [0, 0.1) is 6.92 Å². The Morgan fingerprint density at radius 3 is 2.95 bits per heavy atom. The Morgan fingerprint density at radius 2 is 2.15 bits per heavy atom. The third-order valence-electron chi connectivity index (χ3n) is 3.15. The van der Waals surface area contributed by atoms with Crippen LogP contribution in [0.25, 0.3) is 0 Å². The number of hydrogen-bond donors (Lipinski definition) is 2. The van der Waals surface area contributed by atoms with Gasteiger partial charge in [0.05, 0.1) is 6.42 Å². The van der Waals surface area contributed by atoms with Crippen molar-refractivity contribution in [3.8, 4) is 0 Å². The van der Waals surface area contributed by atoms with E-state index < -0.39 is 0 Å². The summed E-state index contributed by atoms with van der Waals surface area (Å²) >= 11 is 0. The number of anilines is 2. The van der Waals surface area contributed by atoms with Crippen molar-refractivity contribution in [1.29, 1.82) is 0 Å². The molecule has 20 heavy (non-hydrogen) atoms. The van der Waals surface area contributed by atoms with Crippen LogP contribution in [0.5, 0.6) is 0 Å². The maximum atomic E-state index is 12.2. The summed E-state index contributed by atoms with van der Waals surface area (Å²) in [6.07, 6.45) is 2.02. The van der Waals surface area contributed by atoms with Crippen LogP contribution < -0.4 is 10.6 Å². The van der Waals surface area contributed by atoms with Crippen LogP contribution in [0.2, 0.25) is 0 Å². The van der Waals surface area contributed by atoms with Crippen molar-refractivity contribution < 1.29 is 9.59 Å². The molecular formula is C15H13N3O2. The number of carbonyl (C=O) groups is 2. The van der Waals surface area contributed by atoms with Gasteiger partial charge in [0, 0.05) is 28.8 Å². The van der Waals surface area contributed by atoms with Crippen LogP contribution in [0.1, 0.15) is 21.6 Å². The minimum absolute atomic E-state index is 0.0395. The monoisotopic (exact) mass is 267 g/mol. The Bertz CT molecular complexity index is 710. The van der Waals surface area contributed by atoms with E-state index in [1.807, 2.05) is 6.92 Å². The predicted octanol–water partition coefficient (Wildman–Crippen LogP) is 2.14. The first-order chi connectivity index (χ1) is 9.61. The number of rotatable bonds is 2. The fourth-order valence-corrected chi connectivity index (χ4v) is 2.18. The molecule has 3 rings (SSSR count). The first-order valence-corrected chi connectivity index (χ1v) is 6.28. The van der Waals surface area contributed by atoms with Crippen molar-refractivity contribution in [3.05, 3.63) is 53.3 Å². The zero-order chi connectivity index (χ0) is 14.1. The number of nitrogens with one attached hydrogen (secondary N) is 2. The zero-order valence-corrected chi connectivity index (χ0v) is 10.9. The number of hydrogen-bond acceptors (Lipinski definition) is 3. The van der Waals surface area contributed by atoms with E-state index in [2.05, 4.69) is 15.6 Å². The number of aryl methyl sites for hydroxylation is 1. The molecule has 5 nitrogen and oxygen atoms in total. The highest BCUT2D eigenvalue weighted by Crippen LogP contribution is 2.24. The Hall–Kier alpha value is -2.69. The molecular weight excluding hydrogens is 254 g/mol. The molecule has 0 radical (unpaired) electrons. The average Bonchev–Trinajstić information content (AvgIpc) is 2.77. The van der Waals surface area contributed by atoms with Gasteiger partial charge in [0.25, 0.3) is 5.91 Å². The first-order valence-electron chi connectivity index (χ1n) is 6.28. The van der Waals surface area contributed by atoms with Crippen LogP contribution in [0.3, 0.4) is 0 Å². The quantitative estimate of drug-likeness (QED) is 0.875. The molecule has 1 aliphatic heterocycles. The molecule has 2 N–H and O–H groups in total. The molecule has 0 aliphatic carbocycles. The van der Waals surface area contributed by atoms with Crippen molar-refractivity contribution in [2.45, 2.75) is 13.3 Å². The molecule has 0 saturated heterocycles. The summed E-state index contributed by atoms with van der Waals surface area (Å²) in [6, 6.07) is 8.76.